The molecule has 1 amide bonds. The van der Waals surface area contributed by atoms with E-state index < -0.39 is 10.0 Å². The quantitative estimate of drug-likeness (QED) is 0.608. The van der Waals surface area contributed by atoms with Crippen LogP contribution in [0.25, 0.3) is 0 Å². The van der Waals surface area contributed by atoms with Gasteiger partial charge in [-0.2, -0.15) is 0 Å². The van der Waals surface area contributed by atoms with Crippen molar-refractivity contribution in [1.82, 2.24) is 0 Å². The topological polar surface area (TPSA) is 75.3 Å². The van der Waals surface area contributed by atoms with Crippen molar-refractivity contribution < 1.29 is 13.2 Å². The highest BCUT2D eigenvalue weighted by Gasteiger charge is 2.20. The standard InChI is InChI=1S/C23H24N2O3S/c1-4-18-10-13-20(14-11-18)24-23(26)19-12-9-17(3)22(15-19)29(27,28)25-21-8-6-5-7-16(21)2/h5-15,25H,4H2,1-3H3,(H,24,26). The van der Waals surface area contributed by atoms with Gasteiger partial charge in [0.2, 0.25) is 0 Å². The fraction of sp³-hybridized carbons (Fsp3) is 0.174. The molecule has 6 heteroatoms. The summed E-state index contributed by atoms with van der Waals surface area (Å²) in [5, 5.41) is 2.81. The molecule has 0 aliphatic carbocycles. The van der Waals surface area contributed by atoms with E-state index in [4.69, 9.17) is 0 Å². The van der Waals surface area contributed by atoms with Crippen LogP contribution in [-0.2, 0) is 16.4 Å². The van der Waals surface area contributed by atoms with Gasteiger partial charge in [0, 0.05) is 11.3 Å². The zero-order valence-electron chi connectivity index (χ0n) is 16.7. The molecule has 3 rings (SSSR count). The Morgan fingerprint density at radius 1 is 0.897 bits per heavy atom. The third-order valence-electron chi connectivity index (χ3n) is 4.75. The van der Waals surface area contributed by atoms with Crippen LogP contribution in [-0.4, -0.2) is 14.3 Å². The molecule has 0 fully saturated rings. The number of aryl methyl sites for hydroxylation is 3. The Morgan fingerprint density at radius 2 is 1.59 bits per heavy atom. The maximum Gasteiger partial charge on any atom is 0.262 e. The van der Waals surface area contributed by atoms with Crippen LogP contribution in [0.5, 0.6) is 0 Å². The highest BCUT2D eigenvalue weighted by Crippen LogP contribution is 2.23. The van der Waals surface area contributed by atoms with E-state index in [1.54, 1.807) is 31.2 Å². The summed E-state index contributed by atoms with van der Waals surface area (Å²) in [6.45, 7) is 5.60. The van der Waals surface area contributed by atoms with Crippen molar-refractivity contribution in [3.63, 3.8) is 0 Å². The number of sulfonamides is 1. The Hall–Kier alpha value is -3.12. The minimum Gasteiger partial charge on any atom is -0.322 e. The highest BCUT2D eigenvalue weighted by molar-refractivity contribution is 7.92. The molecule has 0 heterocycles. The van der Waals surface area contributed by atoms with Crippen LogP contribution in [0.2, 0.25) is 0 Å². The highest BCUT2D eigenvalue weighted by atomic mass is 32.2. The number of hydrogen-bond donors (Lipinski definition) is 2. The minimum absolute atomic E-state index is 0.0785. The van der Waals surface area contributed by atoms with Crippen LogP contribution in [0, 0.1) is 13.8 Å². The third-order valence-corrected chi connectivity index (χ3v) is 6.26. The molecule has 2 N–H and O–H groups in total. The molecule has 0 saturated carbocycles. The number of carbonyl (C=O) groups is 1. The second-order valence-corrected chi connectivity index (χ2v) is 8.56. The number of nitrogens with one attached hydrogen (secondary N) is 2. The summed E-state index contributed by atoms with van der Waals surface area (Å²) in [6, 6.07) is 19.4. The number of rotatable bonds is 6. The predicted octanol–water partition coefficient (Wildman–Crippen LogP) is 4.92. The fourth-order valence-corrected chi connectivity index (χ4v) is 4.35. The van der Waals surface area contributed by atoms with E-state index in [-0.39, 0.29) is 16.4 Å². The largest absolute Gasteiger partial charge is 0.322 e. The molecule has 0 bridgehead atoms. The van der Waals surface area contributed by atoms with Gasteiger partial charge < -0.3 is 5.32 Å². The van der Waals surface area contributed by atoms with Crippen molar-refractivity contribution in [3.8, 4) is 0 Å². The molecule has 5 nitrogen and oxygen atoms in total. The van der Waals surface area contributed by atoms with E-state index in [1.807, 2.05) is 43.3 Å². The SMILES string of the molecule is CCc1ccc(NC(=O)c2ccc(C)c(S(=O)(=O)Nc3ccccc3C)c2)cc1. The van der Waals surface area contributed by atoms with Gasteiger partial charge in [-0.1, -0.05) is 43.3 Å². The molecular formula is C23H24N2O3S. The summed E-state index contributed by atoms with van der Waals surface area (Å²) in [5.74, 6) is -0.360. The first kappa shape index (κ1) is 20.6. The number of amides is 1. The molecular weight excluding hydrogens is 384 g/mol. The van der Waals surface area contributed by atoms with Gasteiger partial charge in [0.25, 0.3) is 15.9 Å². The molecule has 150 valence electrons. The van der Waals surface area contributed by atoms with Gasteiger partial charge in [-0.25, -0.2) is 8.42 Å². The van der Waals surface area contributed by atoms with Crippen LogP contribution in [0.3, 0.4) is 0 Å². The normalized spacial score (nSPS) is 11.1. The monoisotopic (exact) mass is 408 g/mol. The molecule has 3 aromatic rings. The van der Waals surface area contributed by atoms with E-state index in [9.17, 15) is 13.2 Å². The molecule has 0 unspecified atom stereocenters. The Balaban J connectivity index is 1.86. The van der Waals surface area contributed by atoms with E-state index in [0.717, 1.165) is 12.0 Å². The van der Waals surface area contributed by atoms with Crippen molar-refractivity contribution in [2.75, 3.05) is 10.0 Å². The Labute approximate surface area is 171 Å². The van der Waals surface area contributed by atoms with Crippen molar-refractivity contribution in [2.24, 2.45) is 0 Å². The summed E-state index contributed by atoms with van der Waals surface area (Å²) < 4.78 is 28.5. The van der Waals surface area contributed by atoms with Gasteiger partial charge in [-0.05, 0) is 67.3 Å². The molecule has 0 aromatic heterocycles. The molecule has 0 aliphatic rings. The number of benzene rings is 3. The second kappa shape index (κ2) is 8.49. The molecule has 0 atom stereocenters. The van der Waals surface area contributed by atoms with Crippen LogP contribution >= 0.6 is 0 Å². The lowest BCUT2D eigenvalue weighted by Crippen LogP contribution is -2.17. The van der Waals surface area contributed by atoms with E-state index in [1.165, 1.54) is 11.6 Å². The number of para-hydroxylation sites is 1. The fourth-order valence-electron chi connectivity index (χ4n) is 2.95. The summed E-state index contributed by atoms with van der Waals surface area (Å²) in [7, 11) is -3.83. The summed E-state index contributed by atoms with van der Waals surface area (Å²) >= 11 is 0. The van der Waals surface area contributed by atoms with E-state index >= 15 is 0 Å². The lowest BCUT2D eigenvalue weighted by Gasteiger charge is -2.13. The smallest absolute Gasteiger partial charge is 0.262 e. The maximum atomic E-state index is 12.9. The number of carbonyl (C=O) groups excluding carboxylic acids is 1. The summed E-state index contributed by atoms with van der Waals surface area (Å²) in [4.78, 5) is 12.7. The first-order chi connectivity index (χ1) is 13.8. The molecule has 0 radical (unpaired) electrons. The molecule has 0 spiro atoms. The Kier molecular flexibility index (Phi) is 6.03. The third kappa shape index (κ3) is 4.84. The average Bonchev–Trinajstić information content (AvgIpc) is 2.70. The maximum absolute atomic E-state index is 12.9. The van der Waals surface area contributed by atoms with Gasteiger partial charge in [0.1, 0.15) is 0 Å². The Bertz CT molecular complexity index is 1140. The van der Waals surface area contributed by atoms with Crippen LogP contribution < -0.4 is 10.0 Å². The van der Waals surface area contributed by atoms with Crippen LogP contribution in [0.4, 0.5) is 11.4 Å². The number of anilines is 2. The zero-order valence-corrected chi connectivity index (χ0v) is 17.5. The van der Waals surface area contributed by atoms with Gasteiger partial charge in [0.05, 0.1) is 10.6 Å². The molecule has 0 saturated heterocycles. The van der Waals surface area contributed by atoms with Crippen molar-refractivity contribution in [1.29, 1.82) is 0 Å². The minimum atomic E-state index is -3.83. The first-order valence-electron chi connectivity index (χ1n) is 9.39. The van der Waals surface area contributed by atoms with Gasteiger partial charge in [-0.3, -0.25) is 9.52 Å². The van der Waals surface area contributed by atoms with Crippen molar-refractivity contribution >= 4 is 27.3 Å². The zero-order chi connectivity index (χ0) is 21.0. The molecule has 3 aromatic carbocycles. The lowest BCUT2D eigenvalue weighted by molar-refractivity contribution is 0.102. The van der Waals surface area contributed by atoms with Crippen LogP contribution in [0.15, 0.2) is 71.6 Å². The summed E-state index contributed by atoms with van der Waals surface area (Å²) in [5.41, 5.74) is 4.01. The van der Waals surface area contributed by atoms with E-state index in [2.05, 4.69) is 17.0 Å². The summed E-state index contributed by atoms with van der Waals surface area (Å²) in [6.07, 6.45) is 0.918. The average molecular weight is 409 g/mol. The van der Waals surface area contributed by atoms with Crippen LogP contribution in [0.1, 0.15) is 34.0 Å². The Morgan fingerprint density at radius 3 is 2.24 bits per heavy atom. The van der Waals surface area contributed by atoms with Gasteiger partial charge >= 0.3 is 0 Å². The molecule has 0 aliphatic heterocycles. The predicted molar refractivity (Wildman–Crippen MR) is 117 cm³/mol. The molecule has 29 heavy (non-hydrogen) atoms. The van der Waals surface area contributed by atoms with E-state index in [0.29, 0.717) is 16.9 Å². The first-order valence-corrected chi connectivity index (χ1v) is 10.9. The second-order valence-electron chi connectivity index (χ2n) is 6.91. The van der Waals surface area contributed by atoms with Crippen molar-refractivity contribution in [2.45, 2.75) is 32.1 Å². The van der Waals surface area contributed by atoms with Gasteiger partial charge in [0.15, 0.2) is 0 Å². The van der Waals surface area contributed by atoms with Gasteiger partial charge in [-0.15, -0.1) is 0 Å². The van der Waals surface area contributed by atoms with Crippen molar-refractivity contribution in [3.05, 3.63) is 89.0 Å². The lowest BCUT2D eigenvalue weighted by atomic mass is 10.1. The number of hydrogen-bond acceptors (Lipinski definition) is 3.